The van der Waals surface area contributed by atoms with E-state index in [1.54, 1.807) is 0 Å². The summed E-state index contributed by atoms with van der Waals surface area (Å²) < 4.78 is 11.0. The summed E-state index contributed by atoms with van der Waals surface area (Å²) in [5, 5.41) is 12.3. The molecule has 5 nitrogen and oxygen atoms in total. The molecule has 5 atom stereocenters. The number of ether oxygens (including phenoxy) is 2. The summed E-state index contributed by atoms with van der Waals surface area (Å²) >= 11 is 12.2. The zero-order chi connectivity index (χ0) is 42.5. The number of halogens is 3. The Morgan fingerprint density at radius 2 is 1.10 bits per heavy atom. The smallest absolute Gasteiger partial charge is 0.0824 e. The summed E-state index contributed by atoms with van der Waals surface area (Å²) in [7, 11) is 1.85. The maximum atomic E-state index is 10.6. The van der Waals surface area contributed by atoms with E-state index in [2.05, 4.69) is 83.5 Å². The van der Waals surface area contributed by atoms with Crippen LogP contribution >= 0.6 is 47.2 Å². The Labute approximate surface area is 401 Å². The van der Waals surface area contributed by atoms with Crippen LogP contribution < -0.4 is 0 Å². The summed E-state index contributed by atoms with van der Waals surface area (Å²) in [4.78, 5) is 5.37. The predicted molar refractivity (Wildman–Crippen MR) is 269 cm³/mol. The molecule has 3 aliphatic heterocycles. The molecule has 5 aliphatic rings. The molecule has 0 amide bonds. The summed E-state index contributed by atoms with van der Waals surface area (Å²) in [6.45, 7) is 10.2. The van der Waals surface area contributed by atoms with Gasteiger partial charge >= 0.3 is 0 Å². The number of likely N-dealkylation sites (tertiary alicyclic amines) is 2. The highest BCUT2D eigenvalue weighted by Crippen LogP contribution is 2.46. The van der Waals surface area contributed by atoms with Gasteiger partial charge in [-0.2, -0.15) is 0 Å². The van der Waals surface area contributed by atoms with E-state index in [1.807, 2.05) is 49.6 Å². The number of hydrogen-bond donors (Lipinski definition) is 1. The summed E-state index contributed by atoms with van der Waals surface area (Å²) in [5.74, 6) is 1.29. The molecule has 2 aliphatic carbocycles. The van der Waals surface area contributed by atoms with Gasteiger partial charge in [-0.25, -0.2) is 0 Å². The van der Waals surface area contributed by atoms with Crippen LogP contribution in [0, 0.1) is 11.8 Å². The fourth-order valence-corrected chi connectivity index (χ4v) is 11.2. The molecule has 0 spiro atoms. The van der Waals surface area contributed by atoms with Gasteiger partial charge in [0.15, 0.2) is 0 Å². The van der Waals surface area contributed by atoms with Gasteiger partial charge in [0, 0.05) is 60.8 Å². The van der Waals surface area contributed by atoms with E-state index < -0.39 is 0 Å². The van der Waals surface area contributed by atoms with Crippen molar-refractivity contribution in [2.45, 2.75) is 126 Å². The molecule has 3 heterocycles. The molecule has 4 aromatic rings. The van der Waals surface area contributed by atoms with E-state index in [0.29, 0.717) is 28.8 Å². The number of aliphatic hydroxyl groups is 1. The third kappa shape index (κ3) is 13.8. The molecule has 5 unspecified atom stereocenters. The lowest BCUT2D eigenvalue weighted by Gasteiger charge is -2.47. The minimum atomic E-state index is -0.343. The Bertz CT molecular complexity index is 1850. The third-order valence-corrected chi connectivity index (χ3v) is 15.2. The van der Waals surface area contributed by atoms with Gasteiger partial charge in [0.2, 0.25) is 0 Å². The van der Waals surface area contributed by atoms with Gasteiger partial charge in [0.05, 0.1) is 18.3 Å². The molecule has 4 aromatic carbocycles. The van der Waals surface area contributed by atoms with Crippen molar-refractivity contribution in [3.8, 4) is 0 Å². The van der Waals surface area contributed by atoms with Crippen LogP contribution in [0.15, 0.2) is 109 Å². The van der Waals surface area contributed by atoms with Crippen molar-refractivity contribution in [2.75, 3.05) is 53.0 Å². The lowest BCUT2D eigenvalue weighted by atomic mass is 9.64. The average Bonchev–Trinajstić information content (AvgIpc) is 3.75. The first-order valence-corrected chi connectivity index (χ1v) is 24.4. The fraction of sp³-hybridized carbons (Fsp3) is 0.556. The van der Waals surface area contributed by atoms with Crippen LogP contribution in [0.1, 0.15) is 131 Å². The number of hydrogen-bond acceptors (Lipinski definition) is 5. The van der Waals surface area contributed by atoms with Gasteiger partial charge in [-0.1, -0.05) is 121 Å². The molecule has 5 fully saturated rings. The van der Waals surface area contributed by atoms with Crippen LogP contribution in [0.5, 0.6) is 0 Å². The van der Waals surface area contributed by atoms with Crippen molar-refractivity contribution < 1.29 is 14.6 Å². The van der Waals surface area contributed by atoms with Gasteiger partial charge in [0.25, 0.3) is 0 Å². The van der Waals surface area contributed by atoms with Gasteiger partial charge in [-0.05, 0) is 155 Å². The Kier molecular flexibility index (Phi) is 19.5. The number of methoxy groups -OCH3 is 1. The Hall–Kier alpha value is -2.01. The van der Waals surface area contributed by atoms with E-state index in [1.165, 1.54) is 120 Å². The fourth-order valence-electron chi connectivity index (χ4n) is 10.9. The van der Waals surface area contributed by atoms with Crippen LogP contribution in [0.2, 0.25) is 10.0 Å². The maximum Gasteiger partial charge on any atom is 0.0824 e. The number of rotatable bonds is 13. The number of piperidine rings is 2. The molecule has 338 valence electrons. The first-order valence-electron chi connectivity index (χ1n) is 23.6. The van der Waals surface area contributed by atoms with Crippen LogP contribution in [0.4, 0.5) is 0 Å². The molecule has 9 rings (SSSR count). The first-order chi connectivity index (χ1) is 29.7. The van der Waals surface area contributed by atoms with E-state index in [-0.39, 0.29) is 36.2 Å². The summed E-state index contributed by atoms with van der Waals surface area (Å²) in [6, 6.07) is 37.9. The van der Waals surface area contributed by atoms with Gasteiger partial charge in [-0.15, -0.1) is 24.0 Å². The van der Waals surface area contributed by atoms with Crippen LogP contribution in [0.25, 0.3) is 0 Å². The average molecular weight is 996 g/mol. The Morgan fingerprint density at radius 1 is 0.629 bits per heavy atom. The van der Waals surface area contributed by atoms with Gasteiger partial charge in [-0.3, -0.25) is 0 Å². The molecule has 2 saturated carbocycles. The molecule has 0 bridgehead atoms. The number of benzene rings is 4. The summed E-state index contributed by atoms with van der Waals surface area (Å²) in [5.41, 5.74) is 5.93. The number of aliphatic hydroxyl groups excluding tert-OH is 1. The quantitative estimate of drug-likeness (QED) is 0.135. The summed E-state index contributed by atoms with van der Waals surface area (Å²) in [6.07, 6.45) is 17.9. The van der Waals surface area contributed by atoms with E-state index in [0.717, 1.165) is 48.1 Å². The van der Waals surface area contributed by atoms with Crippen molar-refractivity contribution in [3.63, 3.8) is 0 Å². The standard InChI is InChI=1S/C25H32ClNO.C24H30ClNO.C5H10O.HI/c1-28-24(21-8-3-2-4-9-21)17-20-7-5-16-27(18-20)19-25(14-6-15-25)22-10-12-23(26)13-11-22;25-22-11-9-21(10-12-22)24(13-5-14-24)18-26-15-4-6-19(17-26)16-23(27)20-7-2-1-3-8-20;1-5-3-2-4-6-5;/h2-4,8-13,20,24H,5-7,14-19H2,1H3;1-3,7-12,19,23,27H,4-6,13-18H2;5H,2-4H2,1H3;1H. The first kappa shape index (κ1) is 49.4. The zero-order valence-electron chi connectivity index (χ0n) is 37.5. The molecule has 62 heavy (non-hydrogen) atoms. The number of nitrogens with zero attached hydrogens (tertiary/aromatic N) is 2. The molecule has 1 N–H and O–H groups in total. The Morgan fingerprint density at radius 3 is 1.48 bits per heavy atom. The second-order valence-corrected chi connectivity index (χ2v) is 20.0. The molecule has 3 saturated heterocycles. The van der Waals surface area contributed by atoms with E-state index in [9.17, 15) is 5.11 Å². The lowest BCUT2D eigenvalue weighted by molar-refractivity contribution is 0.0479. The van der Waals surface area contributed by atoms with Crippen molar-refractivity contribution in [1.29, 1.82) is 0 Å². The monoisotopic (exact) mass is 994 g/mol. The normalized spacial score (nSPS) is 24.0. The molecule has 8 heteroatoms. The minimum absolute atomic E-state index is 0. The Balaban J connectivity index is 0.000000180. The van der Waals surface area contributed by atoms with Crippen molar-refractivity contribution in [2.24, 2.45) is 11.8 Å². The zero-order valence-corrected chi connectivity index (χ0v) is 41.3. The minimum Gasteiger partial charge on any atom is -0.388 e. The second kappa shape index (κ2) is 24.5. The lowest BCUT2D eigenvalue weighted by Crippen LogP contribution is -2.48. The topological polar surface area (TPSA) is 45.2 Å². The van der Waals surface area contributed by atoms with E-state index >= 15 is 0 Å². The molecule has 0 radical (unpaired) electrons. The van der Waals surface area contributed by atoms with Crippen LogP contribution in [-0.2, 0) is 20.3 Å². The maximum absolute atomic E-state index is 10.6. The molecular weight excluding hydrogens is 922 g/mol. The largest absolute Gasteiger partial charge is 0.388 e. The van der Waals surface area contributed by atoms with Crippen molar-refractivity contribution in [3.05, 3.63) is 141 Å². The van der Waals surface area contributed by atoms with E-state index in [4.69, 9.17) is 32.7 Å². The predicted octanol–water partition coefficient (Wildman–Crippen LogP) is 13.7. The highest BCUT2D eigenvalue weighted by Gasteiger charge is 2.42. The molecule has 0 aromatic heterocycles. The van der Waals surface area contributed by atoms with Crippen LogP contribution in [-0.4, -0.2) is 74.0 Å². The highest BCUT2D eigenvalue weighted by molar-refractivity contribution is 14.0. The van der Waals surface area contributed by atoms with Crippen molar-refractivity contribution >= 4 is 47.2 Å². The molecular formula is C54H73Cl2IN2O3. The highest BCUT2D eigenvalue weighted by atomic mass is 127. The second-order valence-electron chi connectivity index (χ2n) is 19.1. The van der Waals surface area contributed by atoms with Gasteiger partial charge < -0.3 is 24.4 Å². The van der Waals surface area contributed by atoms with Crippen molar-refractivity contribution in [1.82, 2.24) is 9.80 Å². The third-order valence-electron chi connectivity index (χ3n) is 14.7. The SMILES string of the molecule is CC1CCCO1.COC(CC1CCCN(CC2(c3ccc(Cl)cc3)CCC2)C1)c1ccccc1.I.OC(CC1CCCN(CC2(c3ccc(Cl)cc3)CCC2)C1)c1ccccc1. The van der Waals surface area contributed by atoms with Crippen LogP contribution in [0.3, 0.4) is 0 Å². The van der Waals surface area contributed by atoms with Gasteiger partial charge in [0.1, 0.15) is 0 Å².